The third-order valence-electron chi connectivity index (χ3n) is 4.54. The Kier molecular flexibility index (Phi) is 5.03. The van der Waals surface area contributed by atoms with E-state index < -0.39 is 5.91 Å². The number of rotatable bonds is 4. The van der Waals surface area contributed by atoms with Crippen LogP contribution in [0, 0.1) is 0 Å². The normalized spacial score (nSPS) is 17.2. The minimum atomic E-state index is -0.471. The van der Waals surface area contributed by atoms with Gasteiger partial charge in [0.05, 0.1) is 0 Å². The lowest BCUT2D eigenvalue weighted by Gasteiger charge is -2.33. The third-order valence-corrected chi connectivity index (χ3v) is 4.54. The van der Waals surface area contributed by atoms with Crippen LogP contribution in [0.15, 0.2) is 48.5 Å². The molecule has 0 saturated carbocycles. The average Bonchev–Trinajstić information content (AvgIpc) is 2.63. The molecule has 2 aromatic carbocycles. The van der Waals surface area contributed by atoms with Crippen LogP contribution < -0.4 is 10.5 Å². The summed E-state index contributed by atoms with van der Waals surface area (Å²) in [4.78, 5) is 25.6. The maximum absolute atomic E-state index is 12.6. The molecular weight excluding hydrogens is 316 g/mol. The van der Waals surface area contributed by atoms with Crippen LogP contribution in [0.3, 0.4) is 0 Å². The van der Waals surface area contributed by atoms with Crippen molar-refractivity contribution in [2.75, 3.05) is 6.54 Å². The number of nitrogens with two attached hydrogens (primary N) is 1. The molecule has 1 aliphatic heterocycles. The number of likely N-dealkylation sites (tertiary alicyclic amines) is 1. The van der Waals surface area contributed by atoms with E-state index in [9.17, 15) is 9.59 Å². The number of ether oxygens (including phenoxy) is 1. The van der Waals surface area contributed by atoms with Crippen molar-refractivity contribution in [2.45, 2.75) is 32.2 Å². The maximum Gasteiger partial charge on any atom is 0.254 e. The topological polar surface area (TPSA) is 72.6 Å². The first-order valence-corrected chi connectivity index (χ1v) is 8.53. The Balaban J connectivity index is 1.67. The molecule has 2 N–H and O–H groups in total. The van der Waals surface area contributed by atoms with Crippen LogP contribution in [-0.4, -0.2) is 29.3 Å². The van der Waals surface area contributed by atoms with Gasteiger partial charge in [0.15, 0.2) is 0 Å². The number of nitrogens with zero attached hydrogens (tertiary/aromatic N) is 1. The molecule has 0 radical (unpaired) electrons. The third kappa shape index (κ3) is 3.99. The van der Waals surface area contributed by atoms with Crippen molar-refractivity contribution in [3.05, 3.63) is 59.7 Å². The predicted octanol–water partition coefficient (Wildman–Crippen LogP) is 3.59. The summed E-state index contributed by atoms with van der Waals surface area (Å²) < 4.78 is 5.74. The number of carbonyl (C=O) groups is 2. The van der Waals surface area contributed by atoms with Crippen LogP contribution in [-0.2, 0) is 0 Å². The Morgan fingerprint density at radius 1 is 0.960 bits per heavy atom. The van der Waals surface area contributed by atoms with E-state index >= 15 is 0 Å². The van der Waals surface area contributed by atoms with E-state index in [4.69, 9.17) is 10.5 Å². The van der Waals surface area contributed by atoms with E-state index in [1.165, 1.54) is 6.42 Å². The van der Waals surface area contributed by atoms with Gasteiger partial charge in [-0.2, -0.15) is 0 Å². The van der Waals surface area contributed by atoms with Crippen molar-refractivity contribution < 1.29 is 14.3 Å². The molecule has 5 heteroatoms. The summed E-state index contributed by atoms with van der Waals surface area (Å²) in [6.45, 7) is 2.93. The van der Waals surface area contributed by atoms with Crippen LogP contribution in [0.2, 0.25) is 0 Å². The first kappa shape index (κ1) is 17.0. The molecule has 5 nitrogen and oxygen atoms in total. The van der Waals surface area contributed by atoms with Gasteiger partial charge in [-0.1, -0.05) is 0 Å². The van der Waals surface area contributed by atoms with Gasteiger partial charge < -0.3 is 15.4 Å². The second kappa shape index (κ2) is 7.38. The van der Waals surface area contributed by atoms with Gasteiger partial charge in [-0.3, -0.25) is 9.59 Å². The summed E-state index contributed by atoms with van der Waals surface area (Å²) in [5.41, 5.74) is 6.32. The molecule has 1 fully saturated rings. The van der Waals surface area contributed by atoms with Gasteiger partial charge in [-0.25, -0.2) is 0 Å². The number of piperidine rings is 1. The Labute approximate surface area is 147 Å². The molecular formula is C20H22N2O3. The quantitative estimate of drug-likeness (QED) is 0.926. The fourth-order valence-electron chi connectivity index (χ4n) is 3.05. The second-order valence-corrected chi connectivity index (χ2v) is 6.36. The molecule has 1 saturated heterocycles. The minimum Gasteiger partial charge on any atom is -0.457 e. The summed E-state index contributed by atoms with van der Waals surface area (Å²) >= 11 is 0. The van der Waals surface area contributed by atoms with Gasteiger partial charge in [0.1, 0.15) is 11.5 Å². The van der Waals surface area contributed by atoms with Crippen molar-refractivity contribution in [1.82, 2.24) is 4.90 Å². The lowest BCUT2D eigenvalue weighted by Crippen LogP contribution is -2.41. The highest BCUT2D eigenvalue weighted by Gasteiger charge is 2.24. The van der Waals surface area contributed by atoms with Crippen molar-refractivity contribution in [2.24, 2.45) is 5.73 Å². The summed E-state index contributed by atoms with van der Waals surface area (Å²) in [7, 11) is 0. The van der Waals surface area contributed by atoms with E-state index in [-0.39, 0.29) is 5.91 Å². The Morgan fingerprint density at radius 3 is 2.04 bits per heavy atom. The monoisotopic (exact) mass is 338 g/mol. The average molecular weight is 338 g/mol. The van der Waals surface area contributed by atoms with Gasteiger partial charge in [-0.05, 0) is 74.7 Å². The van der Waals surface area contributed by atoms with Crippen molar-refractivity contribution >= 4 is 11.8 Å². The first-order valence-electron chi connectivity index (χ1n) is 8.53. The first-order chi connectivity index (χ1) is 12.0. The van der Waals surface area contributed by atoms with E-state index in [0.717, 1.165) is 19.4 Å². The van der Waals surface area contributed by atoms with Crippen LogP contribution in [0.1, 0.15) is 46.9 Å². The molecule has 1 aliphatic rings. The number of hydrogen-bond acceptors (Lipinski definition) is 3. The predicted molar refractivity (Wildman–Crippen MR) is 95.8 cm³/mol. The van der Waals surface area contributed by atoms with Gasteiger partial charge in [0, 0.05) is 23.7 Å². The lowest BCUT2D eigenvalue weighted by molar-refractivity contribution is 0.0635. The molecule has 0 unspecified atom stereocenters. The Hall–Kier alpha value is -2.82. The minimum absolute atomic E-state index is 0.0737. The molecule has 0 spiro atoms. The van der Waals surface area contributed by atoms with Crippen LogP contribution >= 0.6 is 0 Å². The maximum atomic E-state index is 12.6. The zero-order valence-electron chi connectivity index (χ0n) is 14.3. The van der Waals surface area contributed by atoms with Crippen LogP contribution in [0.25, 0.3) is 0 Å². The SMILES string of the molecule is C[C@H]1CCCCN1C(=O)c1ccc(Oc2ccc(C(N)=O)cc2)cc1. The zero-order chi connectivity index (χ0) is 17.8. The molecule has 2 amide bonds. The van der Waals surface area contributed by atoms with Crippen LogP contribution in [0.5, 0.6) is 11.5 Å². The lowest BCUT2D eigenvalue weighted by atomic mass is 10.0. The number of primary amides is 1. The summed E-state index contributed by atoms with van der Waals surface area (Å²) in [6.07, 6.45) is 3.32. The van der Waals surface area contributed by atoms with Gasteiger partial charge in [0.25, 0.3) is 5.91 Å². The molecule has 0 aromatic heterocycles. The van der Waals surface area contributed by atoms with Gasteiger partial charge >= 0.3 is 0 Å². The van der Waals surface area contributed by atoms with E-state index in [2.05, 4.69) is 6.92 Å². The molecule has 1 heterocycles. The smallest absolute Gasteiger partial charge is 0.254 e. The van der Waals surface area contributed by atoms with E-state index in [0.29, 0.717) is 28.7 Å². The molecule has 3 rings (SSSR count). The van der Waals surface area contributed by atoms with E-state index in [1.54, 1.807) is 48.5 Å². The number of carbonyl (C=O) groups excluding carboxylic acids is 2. The van der Waals surface area contributed by atoms with Gasteiger partial charge in [0.2, 0.25) is 5.91 Å². The van der Waals surface area contributed by atoms with Crippen molar-refractivity contribution in [3.8, 4) is 11.5 Å². The van der Waals surface area contributed by atoms with Gasteiger partial charge in [-0.15, -0.1) is 0 Å². The Morgan fingerprint density at radius 2 is 1.52 bits per heavy atom. The van der Waals surface area contributed by atoms with Crippen LogP contribution in [0.4, 0.5) is 0 Å². The van der Waals surface area contributed by atoms with E-state index in [1.807, 2.05) is 4.90 Å². The van der Waals surface area contributed by atoms with Crippen molar-refractivity contribution in [1.29, 1.82) is 0 Å². The number of amides is 2. The zero-order valence-corrected chi connectivity index (χ0v) is 14.3. The number of hydrogen-bond donors (Lipinski definition) is 1. The summed E-state index contributed by atoms with van der Waals surface area (Å²) in [5.74, 6) is 0.842. The summed E-state index contributed by atoms with van der Waals surface area (Å²) in [5, 5.41) is 0. The largest absolute Gasteiger partial charge is 0.457 e. The molecule has 25 heavy (non-hydrogen) atoms. The highest BCUT2D eigenvalue weighted by atomic mass is 16.5. The fraction of sp³-hybridized carbons (Fsp3) is 0.300. The highest BCUT2D eigenvalue weighted by Crippen LogP contribution is 2.24. The molecule has 0 bridgehead atoms. The molecule has 2 aromatic rings. The second-order valence-electron chi connectivity index (χ2n) is 6.36. The fourth-order valence-corrected chi connectivity index (χ4v) is 3.05. The molecule has 130 valence electrons. The number of benzene rings is 2. The summed E-state index contributed by atoms with van der Waals surface area (Å²) in [6, 6.07) is 14.0. The van der Waals surface area contributed by atoms with Crippen molar-refractivity contribution in [3.63, 3.8) is 0 Å². The standard InChI is InChI=1S/C20H22N2O3/c1-14-4-2-3-13-22(14)20(24)16-7-11-18(12-8-16)25-17-9-5-15(6-10-17)19(21)23/h5-12,14H,2-4,13H2,1H3,(H2,21,23)/t14-/m0/s1. The highest BCUT2D eigenvalue weighted by molar-refractivity contribution is 5.94. The molecule has 0 aliphatic carbocycles. The molecule has 1 atom stereocenters. The Bertz CT molecular complexity index is 754.